The molecular weight excluding hydrogens is 422 g/mol. The maximum Gasteiger partial charge on any atom is 0.408 e. The molecule has 8 nitrogen and oxygen atoms in total. The molecule has 0 saturated heterocycles. The summed E-state index contributed by atoms with van der Waals surface area (Å²) in [6.45, 7) is 8.73. The Morgan fingerprint density at radius 3 is 2.10 bits per heavy atom. The van der Waals surface area contributed by atoms with Crippen molar-refractivity contribution in [2.75, 3.05) is 6.61 Å². The molecule has 0 saturated carbocycles. The Morgan fingerprint density at radius 1 is 1.00 bits per heavy atom. The van der Waals surface area contributed by atoms with Crippen LogP contribution in [0.3, 0.4) is 0 Å². The van der Waals surface area contributed by atoms with Gasteiger partial charge in [0.25, 0.3) is 0 Å². The summed E-state index contributed by atoms with van der Waals surface area (Å²) in [5, 5.41) is 2.48. The molecule has 0 aliphatic carbocycles. The van der Waals surface area contributed by atoms with Crippen LogP contribution >= 0.6 is 0 Å². The van der Waals surface area contributed by atoms with Gasteiger partial charge < -0.3 is 19.0 Å². The lowest BCUT2D eigenvalue weighted by Crippen LogP contribution is -2.38. The zero-order chi connectivity index (χ0) is 23.2. The van der Waals surface area contributed by atoms with E-state index in [4.69, 9.17) is 13.7 Å². The van der Waals surface area contributed by atoms with E-state index >= 15 is 0 Å². The van der Waals surface area contributed by atoms with Crippen LogP contribution in [0.1, 0.15) is 44.9 Å². The van der Waals surface area contributed by atoms with Crippen molar-refractivity contribution in [3.05, 3.63) is 59.7 Å². The molecule has 2 rings (SSSR count). The highest BCUT2D eigenvalue weighted by atomic mass is 32.2. The van der Waals surface area contributed by atoms with E-state index in [1.165, 1.54) is 36.4 Å². The first-order valence-corrected chi connectivity index (χ1v) is 11.1. The van der Waals surface area contributed by atoms with Gasteiger partial charge in [0.1, 0.15) is 16.2 Å². The molecule has 0 aromatic heterocycles. The van der Waals surface area contributed by atoms with E-state index in [0.29, 0.717) is 5.56 Å². The van der Waals surface area contributed by atoms with Crippen molar-refractivity contribution in [3.8, 4) is 5.75 Å². The number of alkyl carbamates (subject to hydrolysis) is 1. The summed E-state index contributed by atoms with van der Waals surface area (Å²) in [5.41, 5.74) is 0.556. The number of esters is 1. The SMILES string of the molecule is CCOC(=O)C(NC(=O)OC(C)(C)C)c1ccc(OS(=O)(=O)c2ccc(C)cc2)cc1. The molecule has 168 valence electrons. The topological polar surface area (TPSA) is 108 Å². The standard InChI is InChI=1S/C22H27NO7S/c1-6-28-20(24)19(23-21(25)29-22(3,4)5)16-9-11-17(12-10-16)30-31(26,27)18-13-7-15(2)8-14-18/h7-14,19H,6H2,1-5H3,(H,23,25). The van der Waals surface area contributed by atoms with Gasteiger partial charge in [-0.2, -0.15) is 8.42 Å². The van der Waals surface area contributed by atoms with E-state index in [1.54, 1.807) is 39.8 Å². The lowest BCUT2D eigenvalue weighted by atomic mass is 10.1. The summed E-state index contributed by atoms with van der Waals surface area (Å²) in [4.78, 5) is 24.5. The van der Waals surface area contributed by atoms with Gasteiger partial charge in [-0.05, 0) is 64.4 Å². The number of amides is 1. The second kappa shape index (κ2) is 9.82. The lowest BCUT2D eigenvalue weighted by Gasteiger charge is -2.23. The summed E-state index contributed by atoms with van der Waals surface area (Å²) >= 11 is 0. The van der Waals surface area contributed by atoms with Crippen molar-refractivity contribution in [2.45, 2.75) is 51.2 Å². The van der Waals surface area contributed by atoms with E-state index in [-0.39, 0.29) is 17.3 Å². The van der Waals surface area contributed by atoms with Crippen LogP contribution in [0.25, 0.3) is 0 Å². The summed E-state index contributed by atoms with van der Waals surface area (Å²) < 4.78 is 40.3. The second-order valence-corrected chi connectivity index (χ2v) is 9.30. The predicted octanol–water partition coefficient (Wildman–Crippen LogP) is 3.89. The fourth-order valence-corrected chi connectivity index (χ4v) is 3.46. The number of ether oxygens (including phenoxy) is 2. The van der Waals surface area contributed by atoms with Crippen LogP contribution in [0.2, 0.25) is 0 Å². The van der Waals surface area contributed by atoms with Gasteiger partial charge in [-0.25, -0.2) is 9.59 Å². The number of carbonyl (C=O) groups is 2. The number of aryl methyl sites for hydroxylation is 1. The highest BCUT2D eigenvalue weighted by Crippen LogP contribution is 2.23. The molecule has 0 bridgehead atoms. The first-order valence-electron chi connectivity index (χ1n) is 9.68. The number of rotatable bonds is 7. The Bertz CT molecular complexity index is 1010. The Kier molecular flexibility index (Phi) is 7.67. The molecule has 0 heterocycles. The van der Waals surface area contributed by atoms with Gasteiger partial charge in [-0.3, -0.25) is 0 Å². The third kappa shape index (κ3) is 7.29. The van der Waals surface area contributed by atoms with Crippen LogP contribution in [0, 0.1) is 6.92 Å². The molecule has 0 fully saturated rings. The summed E-state index contributed by atoms with van der Waals surface area (Å²) in [7, 11) is -4.01. The third-order valence-corrected chi connectivity index (χ3v) is 5.17. The average molecular weight is 450 g/mol. The smallest absolute Gasteiger partial charge is 0.408 e. The fraction of sp³-hybridized carbons (Fsp3) is 0.364. The lowest BCUT2D eigenvalue weighted by molar-refractivity contribution is -0.145. The zero-order valence-corrected chi connectivity index (χ0v) is 19.0. The number of benzene rings is 2. The molecule has 0 radical (unpaired) electrons. The van der Waals surface area contributed by atoms with Crippen LogP contribution in [-0.2, 0) is 24.4 Å². The van der Waals surface area contributed by atoms with Crippen molar-refractivity contribution >= 4 is 22.2 Å². The van der Waals surface area contributed by atoms with Gasteiger partial charge >= 0.3 is 22.2 Å². The Balaban J connectivity index is 2.20. The minimum Gasteiger partial charge on any atom is -0.464 e. The van der Waals surface area contributed by atoms with Gasteiger partial charge in [-0.15, -0.1) is 0 Å². The molecule has 1 amide bonds. The number of carbonyl (C=O) groups excluding carboxylic acids is 2. The van der Waals surface area contributed by atoms with Gasteiger partial charge in [0.05, 0.1) is 6.61 Å². The Hall–Kier alpha value is -3.07. The second-order valence-electron chi connectivity index (χ2n) is 7.75. The minimum atomic E-state index is -4.01. The van der Waals surface area contributed by atoms with E-state index < -0.39 is 33.8 Å². The largest absolute Gasteiger partial charge is 0.464 e. The van der Waals surface area contributed by atoms with Gasteiger partial charge in [0, 0.05) is 0 Å². The number of hydrogen-bond donors (Lipinski definition) is 1. The predicted molar refractivity (Wildman–Crippen MR) is 114 cm³/mol. The molecule has 1 N–H and O–H groups in total. The van der Waals surface area contributed by atoms with E-state index in [2.05, 4.69) is 5.32 Å². The first kappa shape index (κ1) is 24.2. The third-order valence-electron chi connectivity index (χ3n) is 3.91. The van der Waals surface area contributed by atoms with Gasteiger partial charge in [0.15, 0.2) is 6.04 Å². The highest BCUT2D eigenvalue weighted by Gasteiger charge is 2.27. The molecule has 2 aromatic carbocycles. The Labute approximate surface area is 182 Å². The molecular formula is C22H27NO7S. The van der Waals surface area contributed by atoms with E-state index in [9.17, 15) is 18.0 Å². The van der Waals surface area contributed by atoms with Crippen LogP contribution in [0.15, 0.2) is 53.4 Å². The van der Waals surface area contributed by atoms with Crippen LogP contribution in [0.4, 0.5) is 4.79 Å². The van der Waals surface area contributed by atoms with Crippen molar-refractivity contribution < 1.29 is 31.7 Å². The molecule has 1 unspecified atom stereocenters. The summed E-state index contributed by atoms with van der Waals surface area (Å²) in [6.07, 6.45) is -0.784. The van der Waals surface area contributed by atoms with Crippen molar-refractivity contribution in [2.24, 2.45) is 0 Å². The minimum absolute atomic E-state index is 0.0261. The quantitative estimate of drug-likeness (QED) is 0.505. The molecule has 0 aliphatic heterocycles. The van der Waals surface area contributed by atoms with Crippen molar-refractivity contribution in [1.29, 1.82) is 0 Å². The van der Waals surface area contributed by atoms with Crippen molar-refractivity contribution in [3.63, 3.8) is 0 Å². The summed E-state index contributed by atoms with van der Waals surface area (Å²) in [6, 6.07) is 10.9. The van der Waals surface area contributed by atoms with E-state index in [0.717, 1.165) is 5.56 Å². The average Bonchev–Trinajstić information content (AvgIpc) is 2.66. The van der Waals surface area contributed by atoms with Crippen LogP contribution in [0.5, 0.6) is 5.75 Å². The van der Waals surface area contributed by atoms with Crippen molar-refractivity contribution in [1.82, 2.24) is 5.32 Å². The molecule has 2 aromatic rings. The Morgan fingerprint density at radius 2 is 1.58 bits per heavy atom. The van der Waals surface area contributed by atoms with Crippen LogP contribution < -0.4 is 9.50 Å². The molecule has 0 spiro atoms. The monoisotopic (exact) mass is 449 g/mol. The normalized spacial score (nSPS) is 12.5. The molecule has 1 atom stereocenters. The first-order chi connectivity index (χ1) is 14.4. The van der Waals surface area contributed by atoms with Crippen LogP contribution in [-0.4, -0.2) is 32.7 Å². The number of hydrogen-bond acceptors (Lipinski definition) is 7. The maximum atomic E-state index is 12.4. The fourth-order valence-electron chi connectivity index (χ4n) is 2.52. The molecule has 9 heteroatoms. The highest BCUT2D eigenvalue weighted by molar-refractivity contribution is 7.87. The summed E-state index contributed by atoms with van der Waals surface area (Å²) in [5.74, 6) is -0.612. The molecule has 31 heavy (non-hydrogen) atoms. The zero-order valence-electron chi connectivity index (χ0n) is 18.2. The van der Waals surface area contributed by atoms with Gasteiger partial charge in [-0.1, -0.05) is 29.8 Å². The maximum absolute atomic E-state index is 12.4. The molecule has 0 aliphatic rings. The van der Waals surface area contributed by atoms with Gasteiger partial charge in [0.2, 0.25) is 0 Å². The van der Waals surface area contributed by atoms with E-state index in [1.807, 2.05) is 6.92 Å². The number of nitrogens with one attached hydrogen (secondary N) is 1.